The van der Waals surface area contributed by atoms with Gasteiger partial charge >= 0.3 is 0 Å². The molecule has 0 radical (unpaired) electrons. The molecule has 0 amide bonds. The van der Waals surface area contributed by atoms with E-state index in [1.807, 2.05) is 49.4 Å². The summed E-state index contributed by atoms with van der Waals surface area (Å²) in [4.78, 5) is 4.64. The quantitative estimate of drug-likeness (QED) is 0.480. The molecule has 0 saturated heterocycles. The van der Waals surface area contributed by atoms with Gasteiger partial charge < -0.3 is 5.21 Å². The molecule has 2 aliphatic heterocycles. The summed E-state index contributed by atoms with van der Waals surface area (Å²) in [7, 11) is 0. The maximum Gasteiger partial charge on any atom is 0.0949 e. The molecule has 3 heteroatoms. The van der Waals surface area contributed by atoms with Crippen LogP contribution in [0.1, 0.15) is 5.69 Å². The zero-order chi connectivity index (χ0) is 13.0. The Morgan fingerprint density at radius 2 is 1.63 bits per heavy atom. The Morgan fingerprint density at radius 3 is 2.47 bits per heavy atom. The number of para-hydroxylation sites is 2. The lowest BCUT2D eigenvalue weighted by Gasteiger charge is -2.13. The number of fused-ring (bicyclic) bond motifs is 5. The molecule has 0 aliphatic carbocycles. The van der Waals surface area contributed by atoms with Crippen LogP contribution in [0.5, 0.6) is 0 Å². The van der Waals surface area contributed by atoms with E-state index in [0.29, 0.717) is 0 Å². The second kappa shape index (κ2) is 3.48. The van der Waals surface area contributed by atoms with Crippen molar-refractivity contribution in [1.29, 1.82) is 0 Å². The normalized spacial score (nSPS) is 11.6. The van der Waals surface area contributed by atoms with Crippen molar-refractivity contribution < 1.29 is 5.21 Å². The monoisotopic (exact) mass is 248 g/mol. The van der Waals surface area contributed by atoms with Crippen LogP contribution >= 0.6 is 0 Å². The second-order valence-electron chi connectivity index (χ2n) is 4.77. The van der Waals surface area contributed by atoms with Gasteiger partial charge in [-0.1, -0.05) is 36.4 Å². The van der Waals surface area contributed by atoms with E-state index in [4.69, 9.17) is 0 Å². The lowest BCUT2D eigenvalue weighted by molar-refractivity contribution is 0.192. The first-order chi connectivity index (χ1) is 9.27. The van der Waals surface area contributed by atoms with Crippen molar-refractivity contribution in [2.45, 2.75) is 6.92 Å². The van der Waals surface area contributed by atoms with Crippen LogP contribution in [0, 0.1) is 6.92 Å². The molecule has 0 saturated carbocycles. The molecule has 0 aromatic heterocycles. The van der Waals surface area contributed by atoms with E-state index in [0.717, 1.165) is 38.8 Å². The van der Waals surface area contributed by atoms with Gasteiger partial charge in [0.2, 0.25) is 0 Å². The third-order valence-electron chi connectivity index (χ3n) is 3.70. The molecule has 2 aliphatic rings. The number of rotatable bonds is 0. The van der Waals surface area contributed by atoms with Crippen LogP contribution < -0.4 is 0 Å². The molecule has 1 N–H and O–H groups in total. The number of nitrogens with zero attached hydrogens (tertiary/aromatic N) is 2. The highest BCUT2D eigenvalue weighted by Crippen LogP contribution is 2.38. The molecule has 2 aromatic carbocycles. The Balaban J connectivity index is 2.38. The summed E-state index contributed by atoms with van der Waals surface area (Å²) in [5, 5.41) is 12.4. The Hall–Kier alpha value is -2.55. The van der Waals surface area contributed by atoms with Crippen molar-refractivity contribution in [2.24, 2.45) is 0 Å². The van der Waals surface area contributed by atoms with Gasteiger partial charge in [0.05, 0.1) is 22.4 Å². The molecule has 4 rings (SSSR count). The van der Waals surface area contributed by atoms with E-state index in [9.17, 15) is 5.21 Å². The zero-order valence-electron chi connectivity index (χ0n) is 10.5. The minimum Gasteiger partial charge on any atom is -0.428 e. The van der Waals surface area contributed by atoms with Crippen LogP contribution in [0.25, 0.3) is 33.1 Å². The van der Waals surface area contributed by atoms with Gasteiger partial charge in [-0.2, -0.15) is 4.73 Å². The van der Waals surface area contributed by atoms with Gasteiger partial charge in [-0.05, 0) is 19.1 Å². The molecular formula is C16H12N2O. The van der Waals surface area contributed by atoms with E-state index in [1.165, 1.54) is 4.73 Å². The molecule has 0 spiro atoms. The number of hydrogen-bond donors (Lipinski definition) is 1. The van der Waals surface area contributed by atoms with Gasteiger partial charge in [0.1, 0.15) is 0 Å². The standard InChI is InChI=1S/C16H12N2O/c1-10-16-15(11-6-2-4-8-13(11)17-16)12-7-3-5-9-14(12)18(10)19/h2-9,19H,1H3. The highest BCUT2D eigenvalue weighted by atomic mass is 16.5. The van der Waals surface area contributed by atoms with Gasteiger partial charge in [0, 0.05) is 16.3 Å². The molecule has 3 nitrogen and oxygen atoms in total. The maximum absolute atomic E-state index is 10.3. The third-order valence-corrected chi connectivity index (χ3v) is 3.70. The van der Waals surface area contributed by atoms with Crippen molar-refractivity contribution in [3.05, 3.63) is 54.2 Å². The van der Waals surface area contributed by atoms with E-state index in [1.54, 1.807) is 0 Å². The summed E-state index contributed by atoms with van der Waals surface area (Å²) in [5.74, 6) is 0. The largest absolute Gasteiger partial charge is 0.428 e. The van der Waals surface area contributed by atoms with Crippen molar-refractivity contribution in [3.8, 4) is 11.3 Å². The van der Waals surface area contributed by atoms with Gasteiger partial charge in [0.15, 0.2) is 0 Å². The molecule has 0 bridgehead atoms. The summed E-state index contributed by atoms with van der Waals surface area (Å²) < 4.78 is 1.23. The van der Waals surface area contributed by atoms with Crippen molar-refractivity contribution in [1.82, 2.24) is 9.71 Å². The van der Waals surface area contributed by atoms with Crippen molar-refractivity contribution in [2.75, 3.05) is 0 Å². The smallest absolute Gasteiger partial charge is 0.0949 e. The van der Waals surface area contributed by atoms with Crippen LogP contribution in [0.3, 0.4) is 0 Å². The molecule has 19 heavy (non-hydrogen) atoms. The summed E-state index contributed by atoms with van der Waals surface area (Å²) in [6.07, 6.45) is 0. The highest BCUT2D eigenvalue weighted by Gasteiger charge is 2.20. The molecule has 2 heterocycles. The van der Waals surface area contributed by atoms with Crippen molar-refractivity contribution >= 4 is 21.8 Å². The highest BCUT2D eigenvalue weighted by molar-refractivity contribution is 6.10. The van der Waals surface area contributed by atoms with Gasteiger partial charge in [-0.15, -0.1) is 0 Å². The van der Waals surface area contributed by atoms with Crippen LogP contribution in [-0.4, -0.2) is 14.9 Å². The fourth-order valence-electron chi connectivity index (χ4n) is 2.77. The topological polar surface area (TPSA) is 38.0 Å². The van der Waals surface area contributed by atoms with Crippen LogP contribution in [0.15, 0.2) is 48.5 Å². The van der Waals surface area contributed by atoms with Crippen LogP contribution in [-0.2, 0) is 0 Å². The van der Waals surface area contributed by atoms with Crippen LogP contribution in [0.2, 0.25) is 0 Å². The second-order valence-corrected chi connectivity index (χ2v) is 4.77. The number of hydrogen-bond acceptors (Lipinski definition) is 2. The minimum atomic E-state index is 0.768. The van der Waals surface area contributed by atoms with E-state index >= 15 is 0 Å². The molecule has 92 valence electrons. The van der Waals surface area contributed by atoms with Crippen molar-refractivity contribution in [3.63, 3.8) is 0 Å². The summed E-state index contributed by atoms with van der Waals surface area (Å²) in [5.41, 5.74) is 4.53. The summed E-state index contributed by atoms with van der Waals surface area (Å²) >= 11 is 0. The first kappa shape index (κ1) is 10.4. The third kappa shape index (κ3) is 1.24. The van der Waals surface area contributed by atoms with E-state index in [2.05, 4.69) is 11.1 Å². The zero-order valence-corrected chi connectivity index (χ0v) is 10.5. The summed E-state index contributed by atoms with van der Waals surface area (Å²) in [6.45, 7) is 1.89. The van der Waals surface area contributed by atoms with Crippen LogP contribution in [0.4, 0.5) is 0 Å². The van der Waals surface area contributed by atoms with Gasteiger partial charge in [-0.3, -0.25) is 0 Å². The average Bonchev–Trinajstić information content (AvgIpc) is 2.84. The average molecular weight is 248 g/mol. The fraction of sp³-hybridized carbons (Fsp3) is 0.0625. The molecule has 0 atom stereocenters. The van der Waals surface area contributed by atoms with Gasteiger partial charge in [-0.25, -0.2) is 4.98 Å². The first-order valence-electron chi connectivity index (χ1n) is 6.25. The molecular weight excluding hydrogens is 236 g/mol. The maximum atomic E-state index is 10.3. The SMILES string of the molecule is Cc1c2nc3ccccc3c-2c2ccccc2n1O. The summed E-state index contributed by atoms with van der Waals surface area (Å²) in [6, 6.07) is 16.0. The predicted molar refractivity (Wildman–Crippen MR) is 75.8 cm³/mol. The molecule has 2 aromatic rings. The molecule has 0 fully saturated rings. The van der Waals surface area contributed by atoms with E-state index in [-0.39, 0.29) is 0 Å². The first-order valence-corrected chi connectivity index (χ1v) is 6.25. The number of pyridine rings is 1. The van der Waals surface area contributed by atoms with Gasteiger partial charge in [0.25, 0.3) is 0 Å². The fourth-order valence-corrected chi connectivity index (χ4v) is 2.77. The molecule has 0 unspecified atom stereocenters. The Bertz CT molecular complexity index is 892. The Kier molecular flexibility index (Phi) is 1.90. The number of aromatic nitrogens is 2. The number of benzene rings is 2. The minimum absolute atomic E-state index is 0.768. The Morgan fingerprint density at radius 1 is 0.947 bits per heavy atom. The lowest BCUT2D eigenvalue weighted by atomic mass is 10.0. The Labute approximate surface area is 110 Å². The van der Waals surface area contributed by atoms with E-state index < -0.39 is 0 Å². The lowest BCUT2D eigenvalue weighted by Crippen LogP contribution is -2.03. The predicted octanol–water partition coefficient (Wildman–Crippen LogP) is 3.84.